The molecular formula is C30H30F3N5O. The number of amides is 1. The molecule has 1 amide bonds. The SMILES string of the molecule is O=C(C1CCN(Cc2nc3ccccc3n2-c2ccc(F)cc2)CC1)N1CCN(c2ccc(F)cc2F)CC1. The summed E-state index contributed by atoms with van der Waals surface area (Å²) < 4.78 is 43.1. The molecule has 2 saturated heterocycles. The molecule has 39 heavy (non-hydrogen) atoms. The second-order valence-electron chi connectivity index (χ2n) is 10.3. The van der Waals surface area contributed by atoms with E-state index in [1.165, 1.54) is 24.3 Å². The zero-order valence-corrected chi connectivity index (χ0v) is 21.6. The first-order chi connectivity index (χ1) is 19.0. The summed E-state index contributed by atoms with van der Waals surface area (Å²) in [6, 6.07) is 18.0. The molecular weight excluding hydrogens is 503 g/mol. The van der Waals surface area contributed by atoms with Crippen molar-refractivity contribution >= 4 is 22.6 Å². The van der Waals surface area contributed by atoms with Crippen LogP contribution in [0.5, 0.6) is 0 Å². The van der Waals surface area contributed by atoms with Crippen molar-refractivity contribution in [3.05, 3.63) is 90.0 Å². The minimum absolute atomic E-state index is 0.0359. The predicted octanol–water partition coefficient (Wildman–Crippen LogP) is 5.00. The summed E-state index contributed by atoms with van der Waals surface area (Å²) in [6.45, 7) is 4.29. The van der Waals surface area contributed by atoms with E-state index < -0.39 is 11.6 Å². The number of para-hydroxylation sites is 2. The predicted molar refractivity (Wildman–Crippen MR) is 144 cm³/mol. The van der Waals surface area contributed by atoms with Gasteiger partial charge in [0, 0.05) is 43.9 Å². The van der Waals surface area contributed by atoms with Crippen LogP contribution in [-0.2, 0) is 11.3 Å². The molecule has 0 N–H and O–H groups in total. The van der Waals surface area contributed by atoms with Crippen molar-refractivity contribution in [3.8, 4) is 5.69 Å². The van der Waals surface area contributed by atoms with Crippen LogP contribution in [0.15, 0.2) is 66.7 Å². The zero-order chi connectivity index (χ0) is 26.9. The van der Waals surface area contributed by atoms with Gasteiger partial charge in [-0.1, -0.05) is 12.1 Å². The van der Waals surface area contributed by atoms with Crippen molar-refractivity contribution in [3.63, 3.8) is 0 Å². The van der Waals surface area contributed by atoms with Crippen molar-refractivity contribution in [2.24, 2.45) is 5.92 Å². The van der Waals surface area contributed by atoms with E-state index in [2.05, 4.69) is 9.47 Å². The van der Waals surface area contributed by atoms with Crippen molar-refractivity contribution in [2.45, 2.75) is 19.4 Å². The maximum absolute atomic E-state index is 14.2. The number of rotatable bonds is 5. The molecule has 2 aliphatic heterocycles. The Balaban J connectivity index is 1.08. The average molecular weight is 534 g/mol. The lowest BCUT2D eigenvalue weighted by atomic mass is 9.95. The number of aromatic nitrogens is 2. The van der Waals surface area contributed by atoms with E-state index >= 15 is 0 Å². The number of likely N-dealkylation sites (tertiary alicyclic amines) is 1. The standard InChI is InChI=1S/C30H30F3N5O/c31-22-5-8-24(9-6-22)38-28-4-2-1-3-26(28)34-29(38)20-35-13-11-21(12-14-35)30(39)37-17-15-36(16-18-37)27-10-7-23(32)19-25(27)33/h1-10,19,21H,11-18,20H2. The highest BCUT2D eigenvalue weighted by molar-refractivity contribution is 5.79. The number of halogens is 3. The van der Waals surface area contributed by atoms with Gasteiger partial charge in [-0.2, -0.15) is 0 Å². The quantitative estimate of drug-likeness (QED) is 0.362. The van der Waals surface area contributed by atoms with Crippen LogP contribution in [0, 0.1) is 23.4 Å². The number of hydrogen-bond donors (Lipinski definition) is 0. The molecule has 6 nitrogen and oxygen atoms in total. The molecule has 0 atom stereocenters. The number of benzene rings is 3. The molecule has 0 spiro atoms. The van der Waals surface area contributed by atoms with Crippen molar-refractivity contribution in [1.82, 2.24) is 19.4 Å². The smallest absolute Gasteiger partial charge is 0.225 e. The number of fused-ring (bicyclic) bond motifs is 1. The van der Waals surface area contributed by atoms with Crippen LogP contribution in [-0.4, -0.2) is 64.5 Å². The molecule has 2 fully saturated rings. The summed E-state index contributed by atoms with van der Waals surface area (Å²) in [4.78, 5) is 24.2. The lowest BCUT2D eigenvalue weighted by molar-refractivity contribution is -0.137. The Bertz CT molecular complexity index is 1470. The van der Waals surface area contributed by atoms with E-state index in [9.17, 15) is 18.0 Å². The van der Waals surface area contributed by atoms with E-state index in [4.69, 9.17) is 4.98 Å². The lowest BCUT2D eigenvalue weighted by Gasteiger charge is -2.39. The average Bonchev–Trinajstić information content (AvgIpc) is 3.31. The Morgan fingerprint density at radius 3 is 2.23 bits per heavy atom. The van der Waals surface area contributed by atoms with Gasteiger partial charge in [0.25, 0.3) is 0 Å². The molecule has 0 saturated carbocycles. The molecule has 6 rings (SSSR count). The molecule has 0 unspecified atom stereocenters. The summed E-state index contributed by atoms with van der Waals surface area (Å²) >= 11 is 0. The minimum atomic E-state index is -0.593. The number of anilines is 1. The van der Waals surface area contributed by atoms with Gasteiger partial charge < -0.3 is 9.80 Å². The zero-order valence-electron chi connectivity index (χ0n) is 21.6. The topological polar surface area (TPSA) is 44.6 Å². The van der Waals surface area contributed by atoms with Gasteiger partial charge in [0.2, 0.25) is 5.91 Å². The number of hydrogen-bond acceptors (Lipinski definition) is 4. The highest BCUT2D eigenvalue weighted by atomic mass is 19.1. The van der Waals surface area contributed by atoms with E-state index in [0.29, 0.717) is 38.4 Å². The highest BCUT2D eigenvalue weighted by Crippen LogP contribution is 2.27. The fraction of sp³-hybridized carbons (Fsp3) is 0.333. The van der Waals surface area contributed by atoms with Crippen LogP contribution in [0.3, 0.4) is 0 Å². The monoisotopic (exact) mass is 533 g/mol. The van der Waals surface area contributed by atoms with E-state index in [0.717, 1.165) is 54.5 Å². The maximum atomic E-state index is 14.2. The molecule has 3 aromatic carbocycles. The number of piperazine rings is 1. The number of nitrogens with zero attached hydrogens (tertiary/aromatic N) is 5. The summed E-state index contributed by atoms with van der Waals surface area (Å²) in [5.74, 6) is -0.435. The maximum Gasteiger partial charge on any atom is 0.225 e. The van der Waals surface area contributed by atoms with Crippen LogP contribution >= 0.6 is 0 Å². The molecule has 1 aromatic heterocycles. The molecule has 0 aliphatic carbocycles. The first-order valence-corrected chi connectivity index (χ1v) is 13.4. The van der Waals surface area contributed by atoms with E-state index in [1.54, 1.807) is 12.1 Å². The number of carbonyl (C=O) groups excluding carboxylic acids is 1. The summed E-state index contributed by atoms with van der Waals surface area (Å²) in [5.41, 5.74) is 3.11. The van der Waals surface area contributed by atoms with Crippen molar-refractivity contribution in [1.29, 1.82) is 0 Å². The first-order valence-electron chi connectivity index (χ1n) is 13.4. The fourth-order valence-electron chi connectivity index (χ4n) is 5.76. The van der Waals surface area contributed by atoms with E-state index in [1.807, 2.05) is 34.1 Å². The summed E-state index contributed by atoms with van der Waals surface area (Å²) in [7, 11) is 0. The number of piperidine rings is 1. The van der Waals surface area contributed by atoms with Gasteiger partial charge in [0.15, 0.2) is 0 Å². The second-order valence-corrected chi connectivity index (χ2v) is 10.3. The lowest BCUT2D eigenvalue weighted by Crippen LogP contribution is -2.51. The van der Waals surface area contributed by atoms with Crippen LogP contribution in [0.4, 0.5) is 18.9 Å². The third-order valence-corrected chi connectivity index (χ3v) is 7.86. The van der Waals surface area contributed by atoms with E-state index in [-0.39, 0.29) is 17.6 Å². The fourth-order valence-corrected chi connectivity index (χ4v) is 5.76. The Kier molecular flexibility index (Phi) is 6.99. The molecule has 0 radical (unpaired) electrons. The van der Waals surface area contributed by atoms with Gasteiger partial charge in [0.05, 0.1) is 23.3 Å². The summed E-state index contributed by atoms with van der Waals surface area (Å²) in [5, 5.41) is 0. The Hall–Kier alpha value is -3.85. The molecule has 0 bridgehead atoms. The Morgan fingerprint density at radius 1 is 0.821 bits per heavy atom. The molecule has 2 aliphatic rings. The van der Waals surface area contributed by atoms with Gasteiger partial charge >= 0.3 is 0 Å². The minimum Gasteiger partial charge on any atom is -0.366 e. The van der Waals surface area contributed by atoms with Gasteiger partial charge in [-0.15, -0.1) is 0 Å². The third-order valence-electron chi connectivity index (χ3n) is 7.86. The Labute approximate surface area is 225 Å². The largest absolute Gasteiger partial charge is 0.366 e. The summed E-state index contributed by atoms with van der Waals surface area (Å²) in [6.07, 6.45) is 1.53. The van der Waals surface area contributed by atoms with Gasteiger partial charge in [-0.05, 0) is 74.5 Å². The number of carbonyl (C=O) groups is 1. The molecule has 9 heteroatoms. The van der Waals surface area contributed by atoms with Crippen LogP contribution in [0.1, 0.15) is 18.7 Å². The van der Waals surface area contributed by atoms with Gasteiger partial charge in [0.1, 0.15) is 23.3 Å². The second kappa shape index (κ2) is 10.7. The third kappa shape index (κ3) is 5.23. The Morgan fingerprint density at radius 2 is 1.51 bits per heavy atom. The van der Waals surface area contributed by atoms with Crippen molar-refractivity contribution < 1.29 is 18.0 Å². The normalized spacial score (nSPS) is 17.2. The molecule has 3 heterocycles. The highest BCUT2D eigenvalue weighted by Gasteiger charge is 2.31. The van der Waals surface area contributed by atoms with Gasteiger partial charge in [-0.25, -0.2) is 18.2 Å². The first kappa shape index (κ1) is 25.4. The van der Waals surface area contributed by atoms with Crippen molar-refractivity contribution in [2.75, 3.05) is 44.2 Å². The van der Waals surface area contributed by atoms with Crippen LogP contribution in [0.2, 0.25) is 0 Å². The number of imidazole rings is 1. The van der Waals surface area contributed by atoms with Gasteiger partial charge in [-0.3, -0.25) is 14.3 Å². The molecule has 4 aromatic rings. The van der Waals surface area contributed by atoms with Crippen LogP contribution < -0.4 is 4.90 Å². The van der Waals surface area contributed by atoms with Crippen LogP contribution in [0.25, 0.3) is 16.7 Å². The molecule has 202 valence electrons.